The number of nitrogens with zero attached hydrogens (tertiary/aromatic N) is 1. The molecule has 0 spiro atoms. The Morgan fingerprint density at radius 3 is 2.93 bits per heavy atom. The molecular weight excluding hydrogens is 174 g/mol. The molecule has 0 saturated carbocycles. The van der Waals surface area contributed by atoms with Gasteiger partial charge in [-0.05, 0) is 32.0 Å². The molecule has 0 amide bonds. The summed E-state index contributed by atoms with van der Waals surface area (Å²) < 4.78 is 0. The van der Waals surface area contributed by atoms with Crippen LogP contribution >= 0.6 is 0 Å². The molecule has 1 aromatic rings. The van der Waals surface area contributed by atoms with Crippen molar-refractivity contribution in [3.8, 4) is 0 Å². The van der Waals surface area contributed by atoms with E-state index in [9.17, 15) is 0 Å². The standard InChI is InChI=1S/C11H17N3/c1-8(2)14-6-5-13-10-4-3-9(12)7-11(10)14/h3-4,7-8,13H,5-6,12H2,1-2H3. The number of hydrogen-bond donors (Lipinski definition) is 2. The molecule has 0 bridgehead atoms. The molecule has 76 valence electrons. The van der Waals surface area contributed by atoms with E-state index in [0.29, 0.717) is 6.04 Å². The third-order valence-electron chi connectivity index (χ3n) is 2.62. The zero-order valence-corrected chi connectivity index (χ0v) is 8.75. The summed E-state index contributed by atoms with van der Waals surface area (Å²) in [4.78, 5) is 2.38. The van der Waals surface area contributed by atoms with Crippen molar-refractivity contribution in [2.45, 2.75) is 19.9 Å². The summed E-state index contributed by atoms with van der Waals surface area (Å²) in [5.41, 5.74) is 9.04. The molecule has 3 heteroatoms. The van der Waals surface area contributed by atoms with E-state index in [1.807, 2.05) is 12.1 Å². The number of nitrogens with two attached hydrogens (primary N) is 1. The fourth-order valence-electron chi connectivity index (χ4n) is 1.90. The summed E-state index contributed by atoms with van der Waals surface area (Å²) in [6, 6.07) is 6.56. The van der Waals surface area contributed by atoms with Crippen LogP contribution in [0, 0.1) is 0 Å². The van der Waals surface area contributed by atoms with Gasteiger partial charge in [-0.1, -0.05) is 0 Å². The first kappa shape index (κ1) is 9.19. The van der Waals surface area contributed by atoms with Crippen LogP contribution in [0.25, 0.3) is 0 Å². The van der Waals surface area contributed by atoms with Crippen LogP contribution in [0.5, 0.6) is 0 Å². The molecule has 14 heavy (non-hydrogen) atoms. The van der Waals surface area contributed by atoms with Crippen molar-refractivity contribution in [1.82, 2.24) is 0 Å². The van der Waals surface area contributed by atoms with Crippen molar-refractivity contribution in [3.63, 3.8) is 0 Å². The van der Waals surface area contributed by atoms with E-state index in [4.69, 9.17) is 5.73 Å². The van der Waals surface area contributed by atoms with Gasteiger partial charge in [-0.3, -0.25) is 0 Å². The van der Waals surface area contributed by atoms with Crippen LogP contribution < -0.4 is 16.0 Å². The van der Waals surface area contributed by atoms with Gasteiger partial charge in [0.1, 0.15) is 0 Å². The molecule has 2 rings (SSSR count). The molecule has 0 saturated heterocycles. The molecule has 0 fully saturated rings. The van der Waals surface area contributed by atoms with Gasteiger partial charge in [0.25, 0.3) is 0 Å². The van der Waals surface area contributed by atoms with Crippen molar-refractivity contribution in [2.24, 2.45) is 0 Å². The zero-order chi connectivity index (χ0) is 10.1. The molecule has 0 aromatic heterocycles. The molecule has 1 aliphatic rings. The van der Waals surface area contributed by atoms with E-state index in [1.54, 1.807) is 0 Å². The molecule has 1 aromatic carbocycles. The Hall–Kier alpha value is -1.38. The second-order valence-electron chi connectivity index (χ2n) is 3.99. The normalized spacial score (nSPS) is 15.2. The third kappa shape index (κ3) is 1.50. The first-order chi connectivity index (χ1) is 6.68. The van der Waals surface area contributed by atoms with E-state index < -0.39 is 0 Å². The quantitative estimate of drug-likeness (QED) is 0.666. The maximum Gasteiger partial charge on any atom is 0.0625 e. The molecular formula is C11H17N3. The van der Waals surface area contributed by atoms with Crippen LogP contribution in [-0.4, -0.2) is 19.1 Å². The van der Waals surface area contributed by atoms with Gasteiger partial charge in [-0.15, -0.1) is 0 Å². The van der Waals surface area contributed by atoms with E-state index >= 15 is 0 Å². The lowest BCUT2D eigenvalue weighted by Gasteiger charge is -2.35. The zero-order valence-electron chi connectivity index (χ0n) is 8.75. The maximum atomic E-state index is 5.79. The Balaban J connectivity index is 2.41. The number of nitrogen functional groups attached to an aromatic ring is 1. The highest BCUT2D eigenvalue weighted by Gasteiger charge is 2.18. The number of anilines is 3. The smallest absolute Gasteiger partial charge is 0.0625 e. The van der Waals surface area contributed by atoms with Gasteiger partial charge in [0.05, 0.1) is 11.4 Å². The number of benzene rings is 1. The van der Waals surface area contributed by atoms with Crippen LogP contribution in [0.2, 0.25) is 0 Å². The summed E-state index contributed by atoms with van der Waals surface area (Å²) in [5, 5.41) is 3.38. The van der Waals surface area contributed by atoms with E-state index in [0.717, 1.165) is 18.8 Å². The molecule has 0 unspecified atom stereocenters. The Labute approximate surface area is 84.9 Å². The minimum Gasteiger partial charge on any atom is -0.399 e. The average molecular weight is 191 g/mol. The Bertz CT molecular complexity index is 333. The Morgan fingerprint density at radius 1 is 1.43 bits per heavy atom. The van der Waals surface area contributed by atoms with Crippen molar-refractivity contribution in [3.05, 3.63) is 18.2 Å². The van der Waals surface area contributed by atoms with Crippen molar-refractivity contribution >= 4 is 17.1 Å². The molecule has 0 atom stereocenters. The predicted molar refractivity (Wildman–Crippen MR) is 61.8 cm³/mol. The largest absolute Gasteiger partial charge is 0.399 e. The lowest BCUT2D eigenvalue weighted by atomic mass is 10.1. The van der Waals surface area contributed by atoms with Gasteiger partial charge in [0.15, 0.2) is 0 Å². The van der Waals surface area contributed by atoms with E-state index in [2.05, 4.69) is 30.1 Å². The molecule has 3 nitrogen and oxygen atoms in total. The first-order valence-corrected chi connectivity index (χ1v) is 5.08. The molecule has 1 heterocycles. The SMILES string of the molecule is CC(C)N1CCNc2ccc(N)cc21. The Morgan fingerprint density at radius 2 is 2.21 bits per heavy atom. The van der Waals surface area contributed by atoms with Crippen molar-refractivity contribution in [2.75, 3.05) is 29.0 Å². The van der Waals surface area contributed by atoms with Gasteiger partial charge in [0.2, 0.25) is 0 Å². The van der Waals surface area contributed by atoms with Gasteiger partial charge < -0.3 is 16.0 Å². The monoisotopic (exact) mass is 191 g/mol. The van der Waals surface area contributed by atoms with Crippen LogP contribution in [0.3, 0.4) is 0 Å². The van der Waals surface area contributed by atoms with Gasteiger partial charge in [-0.2, -0.15) is 0 Å². The van der Waals surface area contributed by atoms with E-state index in [-0.39, 0.29) is 0 Å². The summed E-state index contributed by atoms with van der Waals surface area (Å²) in [6.07, 6.45) is 0. The summed E-state index contributed by atoms with van der Waals surface area (Å²) in [7, 11) is 0. The summed E-state index contributed by atoms with van der Waals surface area (Å²) in [5.74, 6) is 0. The fourth-order valence-corrected chi connectivity index (χ4v) is 1.90. The van der Waals surface area contributed by atoms with E-state index in [1.165, 1.54) is 11.4 Å². The second-order valence-corrected chi connectivity index (χ2v) is 3.99. The summed E-state index contributed by atoms with van der Waals surface area (Å²) in [6.45, 7) is 6.47. The van der Waals surface area contributed by atoms with Gasteiger partial charge >= 0.3 is 0 Å². The first-order valence-electron chi connectivity index (χ1n) is 5.08. The Kier molecular flexibility index (Phi) is 2.23. The van der Waals surface area contributed by atoms with Crippen LogP contribution in [0.4, 0.5) is 17.1 Å². The van der Waals surface area contributed by atoms with Gasteiger partial charge in [0, 0.05) is 24.8 Å². The third-order valence-corrected chi connectivity index (χ3v) is 2.62. The van der Waals surface area contributed by atoms with Crippen molar-refractivity contribution < 1.29 is 0 Å². The highest BCUT2D eigenvalue weighted by Crippen LogP contribution is 2.31. The number of hydrogen-bond acceptors (Lipinski definition) is 3. The fraction of sp³-hybridized carbons (Fsp3) is 0.455. The minimum atomic E-state index is 0.526. The molecule has 0 radical (unpaired) electrons. The number of rotatable bonds is 1. The van der Waals surface area contributed by atoms with Crippen molar-refractivity contribution in [1.29, 1.82) is 0 Å². The number of nitrogens with one attached hydrogen (secondary N) is 1. The van der Waals surface area contributed by atoms with Crippen LogP contribution in [0.1, 0.15) is 13.8 Å². The second kappa shape index (κ2) is 3.40. The lowest BCUT2D eigenvalue weighted by Crippen LogP contribution is -2.38. The summed E-state index contributed by atoms with van der Waals surface area (Å²) >= 11 is 0. The topological polar surface area (TPSA) is 41.3 Å². The highest BCUT2D eigenvalue weighted by atomic mass is 15.2. The minimum absolute atomic E-state index is 0.526. The van der Waals surface area contributed by atoms with Gasteiger partial charge in [-0.25, -0.2) is 0 Å². The highest BCUT2D eigenvalue weighted by molar-refractivity contribution is 5.76. The lowest BCUT2D eigenvalue weighted by molar-refractivity contribution is 0.681. The predicted octanol–water partition coefficient (Wildman–Crippen LogP) is 1.91. The molecule has 0 aliphatic carbocycles. The van der Waals surface area contributed by atoms with Crippen LogP contribution in [0.15, 0.2) is 18.2 Å². The molecule has 1 aliphatic heterocycles. The maximum absolute atomic E-state index is 5.79. The van der Waals surface area contributed by atoms with Crippen LogP contribution in [-0.2, 0) is 0 Å². The molecule has 3 N–H and O–H groups in total. The average Bonchev–Trinajstić information content (AvgIpc) is 2.16. The number of fused-ring (bicyclic) bond motifs is 1.